The Bertz CT molecular complexity index is 821. The minimum atomic E-state index is -0.458. The van der Waals surface area contributed by atoms with Crippen LogP contribution in [0.3, 0.4) is 0 Å². The van der Waals surface area contributed by atoms with Crippen molar-refractivity contribution in [3.63, 3.8) is 0 Å². The van der Waals surface area contributed by atoms with Crippen molar-refractivity contribution in [2.45, 2.75) is 103 Å². The van der Waals surface area contributed by atoms with Gasteiger partial charge in [-0.25, -0.2) is 0 Å². The zero-order chi connectivity index (χ0) is 23.7. The summed E-state index contributed by atoms with van der Waals surface area (Å²) in [4.78, 5) is 15.5. The Morgan fingerprint density at radius 1 is 0.970 bits per heavy atom. The first-order chi connectivity index (χ1) is 15.8. The quantitative estimate of drug-likeness (QED) is 0.348. The van der Waals surface area contributed by atoms with Crippen LogP contribution in [0.5, 0.6) is 0 Å². The lowest BCUT2D eigenvalue weighted by atomic mass is 9.84. The number of hydrogen-bond acceptors (Lipinski definition) is 3. The molecule has 1 unspecified atom stereocenters. The average molecular weight is 450 g/mol. The van der Waals surface area contributed by atoms with Gasteiger partial charge in [0.2, 0.25) is 0 Å². The van der Waals surface area contributed by atoms with Crippen LogP contribution >= 0.6 is 0 Å². The van der Waals surface area contributed by atoms with Crippen LogP contribution in [0.1, 0.15) is 96.2 Å². The van der Waals surface area contributed by atoms with Crippen LogP contribution in [0.4, 0.5) is 0 Å². The third-order valence-electron chi connectivity index (χ3n) is 6.91. The number of benzene rings is 2. The lowest BCUT2D eigenvalue weighted by Crippen LogP contribution is -2.40. The number of hydrogen-bond donors (Lipinski definition) is 0. The van der Waals surface area contributed by atoms with Crippen molar-refractivity contribution in [2.75, 3.05) is 0 Å². The van der Waals surface area contributed by atoms with Crippen molar-refractivity contribution in [3.05, 3.63) is 71.8 Å². The van der Waals surface area contributed by atoms with Crippen LogP contribution in [-0.2, 0) is 16.1 Å². The van der Waals surface area contributed by atoms with Gasteiger partial charge in [-0.1, -0.05) is 92.8 Å². The standard InChI is InChI=1S/C30H43NO2/c1-24(27-18-12-7-13-19-27)31(23-26-16-10-6-11-17-26)28(22-29(32)33-30(2,3)4)21-20-25-14-8-5-9-15-25/h6-7,10-13,16-19,24-25,28H,5,8-9,14-15,20-23H2,1-4H3/t24-,28?/m0/s1. The Morgan fingerprint density at radius 2 is 1.58 bits per heavy atom. The predicted molar refractivity (Wildman–Crippen MR) is 137 cm³/mol. The van der Waals surface area contributed by atoms with Crippen molar-refractivity contribution in [1.29, 1.82) is 0 Å². The van der Waals surface area contributed by atoms with Gasteiger partial charge in [-0.15, -0.1) is 0 Å². The van der Waals surface area contributed by atoms with E-state index in [-0.39, 0.29) is 18.1 Å². The topological polar surface area (TPSA) is 29.5 Å². The number of nitrogens with zero attached hydrogens (tertiary/aromatic N) is 1. The summed E-state index contributed by atoms with van der Waals surface area (Å²) in [5.41, 5.74) is 2.12. The fourth-order valence-electron chi connectivity index (χ4n) is 5.16. The predicted octanol–water partition coefficient (Wildman–Crippen LogP) is 7.71. The third-order valence-corrected chi connectivity index (χ3v) is 6.91. The molecule has 33 heavy (non-hydrogen) atoms. The zero-order valence-corrected chi connectivity index (χ0v) is 21.1. The summed E-state index contributed by atoms with van der Waals surface area (Å²) in [6, 6.07) is 21.7. The Labute approximate surface area is 201 Å². The highest BCUT2D eigenvalue weighted by atomic mass is 16.6. The molecule has 3 heteroatoms. The molecule has 3 nitrogen and oxygen atoms in total. The molecule has 1 aliphatic rings. The molecule has 2 aromatic carbocycles. The molecule has 0 spiro atoms. The molecule has 1 fully saturated rings. The zero-order valence-electron chi connectivity index (χ0n) is 21.1. The monoisotopic (exact) mass is 449 g/mol. The summed E-state index contributed by atoms with van der Waals surface area (Å²) in [6.07, 6.45) is 9.44. The minimum Gasteiger partial charge on any atom is -0.460 e. The van der Waals surface area contributed by atoms with Crippen molar-refractivity contribution < 1.29 is 9.53 Å². The van der Waals surface area contributed by atoms with E-state index in [4.69, 9.17) is 4.74 Å². The van der Waals surface area contributed by atoms with Gasteiger partial charge < -0.3 is 4.74 Å². The molecule has 1 aliphatic carbocycles. The highest BCUT2D eigenvalue weighted by Crippen LogP contribution is 2.33. The van der Waals surface area contributed by atoms with Gasteiger partial charge in [0.15, 0.2) is 0 Å². The summed E-state index contributed by atoms with van der Waals surface area (Å²) in [5.74, 6) is 0.708. The molecule has 0 radical (unpaired) electrons. The van der Waals surface area contributed by atoms with E-state index in [0.29, 0.717) is 6.42 Å². The van der Waals surface area contributed by atoms with E-state index in [0.717, 1.165) is 18.9 Å². The van der Waals surface area contributed by atoms with E-state index >= 15 is 0 Å². The van der Waals surface area contributed by atoms with Crippen molar-refractivity contribution in [3.8, 4) is 0 Å². The fourth-order valence-corrected chi connectivity index (χ4v) is 5.16. The molecule has 2 aromatic rings. The van der Waals surface area contributed by atoms with Crippen LogP contribution in [0.25, 0.3) is 0 Å². The largest absolute Gasteiger partial charge is 0.460 e. The van der Waals surface area contributed by atoms with Crippen LogP contribution in [-0.4, -0.2) is 22.5 Å². The SMILES string of the molecule is C[C@@H](c1ccccc1)N(Cc1ccccc1)C(CCC1CCCCC1)CC(=O)OC(C)(C)C. The maximum absolute atomic E-state index is 13.0. The number of ether oxygens (including phenoxy) is 1. The molecule has 0 bridgehead atoms. The second-order valence-corrected chi connectivity index (χ2v) is 10.8. The molecule has 0 aromatic heterocycles. The van der Waals surface area contributed by atoms with Gasteiger partial charge in [-0.3, -0.25) is 9.69 Å². The van der Waals surface area contributed by atoms with E-state index in [1.807, 2.05) is 20.8 Å². The highest BCUT2D eigenvalue weighted by molar-refractivity contribution is 5.70. The van der Waals surface area contributed by atoms with E-state index in [2.05, 4.69) is 72.5 Å². The number of rotatable bonds is 10. The summed E-state index contributed by atoms with van der Waals surface area (Å²) < 4.78 is 5.78. The summed E-state index contributed by atoms with van der Waals surface area (Å²) in [5, 5.41) is 0. The van der Waals surface area contributed by atoms with Crippen molar-refractivity contribution in [2.24, 2.45) is 5.92 Å². The molecular formula is C30H43NO2. The van der Waals surface area contributed by atoms with Crippen LogP contribution < -0.4 is 0 Å². The Kier molecular flexibility index (Phi) is 9.55. The molecular weight excluding hydrogens is 406 g/mol. The second kappa shape index (κ2) is 12.4. The summed E-state index contributed by atoms with van der Waals surface area (Å²) in [6.45, 7) is 8.97. The maximum atomic E-state index is 13.0. The average Bonchev–Trinajstić information content (AvgIpc) is 2.80. The van der Waals surface area contributed by atoms with Crippen LogP contribution in [0.2, 0.25) is 0 Å². The van der Waals surface area contributed by atoms with E-state index in [9.17, 15) is 4.79 Å². The lowest BCUT2D eigenvalue weighted by molar-refractivity contribution is -0.156. The van der Waals surface area contributed by atoms with Gasteiger partial charge in [-0.2, -0.15) is 0 Å². The summed E-state index contributed by atoms with van der Waals surface area (Å²) in [7, 11) is 0. The van der Waals surface area contributed by atoms with Crippen molar-refractivity contribution in [1.82, 2.24) is 4.90 Å². The maximum Gasteiger partial charge on any atom is 0.307 e. The summed E-state index contributed by atoms with van der Waals surface area (Å²) >= 11 is 0. The third kappa shape index (κ3) is 8.62. The van der Waals surface area contributed by atoms with E-state index in [1.54, 1.807) is 0 Å². The lowest BCUT2D eigenvalue weighted by Gasteiger charge is -2.38. The van der Waals surface area contributed by atoms with Gasteiger partial charge in [-0.05, 0) is 57.6 Å². The van der Waals surface area contributed by atoms with Crippen molar-refractivity contribution >= 4 is 5.97 Å². The fraction of sp³-hybridized carbons (Fsp3) is 0.567. The highest BCUT2D eigenvalue weighted by Gasteiger charge is 2.30. The van der Waals surface area contributed by atoms with Crippen LogP contribution in [0.15, 0.2) is 60.7 Å². The van der Waals surface area contributed by atoms with Gasteiger partial charge in [0.1, 0.15) is 5.60 Å². The van der Waals surface area contributed by atoms with Gasteiger partial charge in [0.25, 0.3) is 0 Å². The number of carbonyl (C=O) groups excluding carboxylic acids is 1. The number of esters is 1. The second-order valence-electron chi connectivity index (χ2n) is 10.8. The first-order valence-corrected chi connectivity index (χ1v) is 12.9. The molecule has 1 saturated carbocycles. The Morgan fingerprint density at radius 3 is 2.18 bits per heavy atom. The minimum absolute atomic E-state index is 0.0885. The Hall–Kier alpha value is -2.13. The Balaban J connectivity index is 1.84. The first kappa shape index (κ1) is 25.5. The first-order valence-electron chi connectivity index (χ1n) is 12.9. The molecule has 3 rings (SSSR count). The normalized spacial score (nSPS) is 17.0. The van der Waals surface area contributed by atoms with E-state index < -0.39 is 5.60 Å². The molecule has 0 aliphatic heterocycles. The molecule has 0 N–H and O–H groups in total. The van der Waals surface area contributed by atoms with E-state index in [1.165, 1.54) is 49.7 Å². The molecule has 0 heterocycles. The van der Waals surface area contributed by atoms with Gasteiger partial charge in [0.05, 0.1) is 6.42 Å². The van der Waals surface area contributed by atoms with Crippen LogP contribution in [0, 0.1) is 5.92 Å². The molecule has 0 saturated heterocycles. The van der Waals surface area contributed by atoms with Gasteiger partial charge >= 0.3 is 5.97 Å². The smallest absolute Gasteiger partial charge is 0.307 e. The van der Waals surface area contributed by atoms with Gasteiger partial charge in [0, 0.05) is 18.6 Å². The molecule has 0 amide bonds. The molecule has 2 atom stereocenters. The number of carbonyl (C=O) groups is 1. The molecule has 180 valence electrons.